The smallest absolute Gasteiger partial charge is 0.393 e. The normalized spacial score (nSPS) is 13.5. The first-order chi connectivity index (χ1) is 10.9. The van der Waals surface area contributed by atoms with Gasteiger partial charge in [0, 0.05) is 24.6 Å². The number of carbonyl (C=O) groups excluding carboxylic acids is 1. The highest BCUT2D eigenvalue weighted by Crippen LogP contribution is 2.29. The number of halogens is 3. The fourth-order valence-corrected chi connectivity index (χ4v) is 2.80. The Morgan fingerprint density at radius 1 is 1.25 bits per heavy atom. The lowest BCUT2D eigenvalue weighted by molar-refractivity contribution is -0.384. The van der Waals surface area contributed by atoms with Crippen LogP contribution in [0.1, 0.15) is 12.8 Å². The van der Waals surface area contributed by atoms with Crippen LogP contribution in [0.15, 0.2) is 29.2 Å². The van der Waals surface area contributed by atoms with Crippen molar-refractivity contribution in [2.45, 2.75) is 23.9 Å². The molecule has 1 rings (SSSR count). The van der Waals surface area contributed by atoms with Crippen LogP contribution in [0, 0.1) is 16.0 Å². The Hall–Kier alpha value is -2.21. The molecular formula is C12H12F3N2O6S-. The van der Waals surface area contributed by atoms with Crippen LogP contribution in [0.3, 0.4) is 0 Å². The van der Waals surface area contributed by atoms with Gasteiger partial charge in [-0.3, -0.25) is 10.1 Å². The molecule has 0 aliphatic rings. The van der Waals surface area contributed by atoms with Crippen molar-refractivity contribution in [1.29, 1.82) is 0 Å². The van der Waals surface area contributed by atoms with E-state index in [0.29, 0.717) is 0 Å². The average molecular weight is 369 g/mol. The molecule has 0 fully saturated rings. The van der Waals surface area contributed by atoms with Crippen molar-refractivity contribution in [2.24, 2.45) is 5.92 Å². The summed E-state index contributed by atoms with van der Waals surface area (Å²) in [5.41, 5.74) is -0.379. The molecule has 0 saturated carbocycles. The number of sulfonamides is 1. The third-order valence-corrected chi connectivity index (χ3v) is 4.48. The molecule has 0 bridgehead atoms. The highest BCUT2D eigenvalue weighted by atomic mass is 32.2. The number of hydrogen-bond acceptors (Lipinski definition) is 6. The molecule has 0 radical (unpaired) electrons. The second-order valence-corrected chi connectivity index (χ2v) is 6.52. The minimum atomic E-state index is -4.80. The Labute approximate surface area is 134 Å². The van der Waals surface area contributed by atoms with E-state index >= 15 is 0 Å². The Kier molecular flexibility index (Phi) is 6.26. The Morgan fingerprint density at radius 3 is 2.21 bits per heavy atom. The maximum Gasteiger partial charge on any atom is 0.393 e. The van der Waals surface area contributed by atoms with Crippen LogP contribution in [0.2, 0.25) is 0 Å². The fraction of sp³-hybridized carbons (Fsp3) is 0.417. The highest BCUT2D eigenvalue weighted by Gasteiger charge is 2.39. The lowest BCUT2D eigenvalue weighted by Gasteiger charge is -2.20. The van der Waals surface area contributed by atoms with E-state index in [2.05, 4.69) is 0 Å². The van der Waals surface area contributed by atoms with Crippen molar-refractivity contribution in [1.82, 2.24) is 4.72 Å². The summed E-state index contributed by atoms with van der Waals surface area (Å²) < 4.78 is 63.8. The maximum absolute atomic E-state index is 12.8. The van der Waals surface area contributed by atoms with Gasteiger partial charge in [0.2, 0.25) is 10.0 Å². The molecule has 0 aromatic heterocycles. The van der Waals surface area contributed by atoms with Gasteiger partial charge in [0.05, 0.1) is 15.7 Å². The van der Waals surface area contributed by atoms with Gasteiger partial charge in [-0.25, -0.2) is 13.1 Å². The van der Waals surface area contributed by atoms with Gasteiger partial charge in [-0.2, -0.15) is 13.2 Å². The summed E-state index contributed by atoms with van der Waals surface area (Å²) in [7, 11) is -4.33. The van der Waals surface area contributed by atoms with E-state index in [1.54, 1.807) is 4.72 Å². The van der Waals surface area contributed by atoms with Crippen molar-refractivity contribution >= 4 is 21.7 Å². The Bertz CT molecular complexity index is 702. The number of nitro benzene ring substituents is 1. The van der Waals surface area contributed by atoms with Crippen molar-refractivity contribution in [3.8, 4) is 0 Å². The minimum Gasteiger partial charge on any atom is -0.550 e. The van der Waals surface area contributed by atoms with Crippen LogP contribution in [0.5, 0.6) is 0 Å². The van der Waals surface area contributed by atoms with Gasteiger partial charge < -0.3 is 9.90 Å². The lowest BCUT2D eigenvalue weighted by atomic mass is 10.0. The summed E-state index contributed by atoms with van der Waals surface area (Å²) in [6.45, 7) is -1.06. The number of nitrogens with one attached hydrogen (secondary N) is 1. The monoisotopic (exact) mass is 369 g/mol. The first-order valence-corrected chi connectivity index (χ1v) is 7.92. The van der Waals surface area contributed by atoms with E-state index in [9.17, 15) is 41.6 Å². The van der Waals surface area contributed by atoms with Gasteiger partial charge in [-0.1, -0.05) is 0 Å². The molecule has 0 unspecified atom stereocenters. The Morgan fingerprint density at radius 2 is 1.79 bits per heavy atom. The number of carbonyl (C=O) groups is 1. The van der Waals surface area contributed by atoms with Crippen LogP contribution in [0.25, 0.3) is 0 Å². The number of carboxylic acids is 1. The summed E-state index contributed by atoms with van der Waals surface area (Å²) in [5, 5.41) is 20.7. The molecule has 1 aromatic rings. The molecule has 1 atom stereocenters. The minimum absolute atomic E-state index is 0.379. The summed E-state index contributed by atoms with van der Waals surface area (Å²) >= 11 is 0. The number of carboxylic acid groups (broad SMARTS) is 1. The zero-order valence-electron chi connectivity index (χ0n) is 11.9. The summed E-state index contributed by atoms with van der Waals surface area (Å²) in [6, 6.07) is 3.55. The van der Waals surface area contributed by atoms with E-state index in [-0.39, 0.29) is 5.69 Å². The predicted octanol–water partition coefficient (Wildman–Crippen LogP) is 0.582. The third-order valence-electron chi connectivity index (χ3n) is 3.04. The van der Waals surface area contributed by atoms with Crippen LogP contribution in [-0.4, -0.2) is 32.0 Å². The molecule has 0 heterocycles. The molecule has 1 aromatic carbocycles. The number of benzene rings is 1. The molecule has 0 spiro atoms. The first kappa shape index (κ1) is 19.8. The van der Waals surface area contributed by atoms with Crippen molar-refractivity contribution < 1.29 is 36.4 Å². The molecule has 24 heavy (non-hydrogen) atoms. The molecule has 0 aliphatic heterocycles. The largest absolute Gasteiger partial charge is 0.550 e. The number of alkyl halides is 3. The maximum atomic E-state index is 12.8. The van der Waals surface area contributed by atoms with Crippen molar-refractivity contribution in [3.63, 3.8) is 0 Å². The average Bonchev–Trinajstić information content (AvgIpc) is 2.45. The summed E-state index contributed by atoms with van der Waals surface area (Å²) in [6.07, 6.45) is -6.51. The topological polar surface area (TPSA) is 129 Å². The quantitative estimate of drug-likeness (QED) is 0.527. The molecule has 8 nitrogen and oxygen atoms in total. The van der Waals surface area contributed by atoms with Crippen LogP contribution in [0.4, 0.5) is 18.9 Å². The number of rotatable bonds is 8. The van der Waals surface area contributed by atoms with E-state index in [0.717, 1.165) is 24.3 Å². The molecule has 0 saturated heterocycles. The first-order valence-electron chi connectivity index (χ1n) is 6.44. The summed E-state index contributed by atoms with van der Waals surface area (Å²) in [4.78, 5) is 19.5. The van der Waals surface area contributed by atoms with Crippen molar-refractivity contribution in [3.05, 3.63) is 34.4 Å². The molecule has 0 amide bonds. The fourth-order valence-electron chi connectivity index (χ4n) is 1.71. The van der Waals surface area contributed by atoms with Gasteiger partial charge in [-0.15, -0.1) is 0 Å². The highest BCUT2D eigenvalue weighted by molar-refractivity contribution is 7.89. The lowest BCUT2D eigenvalue weighted by Crippen LogP contribution is -2.37. The number of nitrogens with zero attached hydrogens (tertiary/aromatic N) is 1. The zero-order chi connectivity index (χ0) is 18.5. The van der Waals surface area contributed by atoms with E-state index in [1.165, 1.54) is 0 Å². The molecule has 0 aliphatic carbocycles. The molecular weight excluding hydrogens is 357 g/mol. The van der Waals surface area contributed by atoms with Gasteiger partial charge in [-0.05, 0) is 25.0 Å². The third kappa shape index (κ3) is 5.77. The number of nitro groups is 1. The van der Waals surface area contributed by atoms with Gasteiger partial charge in [0.1, 0.15) is 0 Å². The van der Waals surface area contributed by atoms with Gasteiger partial charge in [0.15, 0.2) is 0 Å². The zero-order valence-corrected chi connectivity index (χ0v) is 12.8. The molecule has 12 heteroatoms. The van der Waals surface area contributed by atoms with Crippen LogP contribution >= 0.6 is 0 Å². The molecule has 134 valence electrons. The van der Waals surface area contributed by atoms with Crippen molar-refractivity contribution in [2.75, 3.05) is 6.54 Å². The number of hydrogen-bond donors (Lipinski definition) is 1. The molecule has 1 N–H and O–H groups in total. The van der Waals surface area contributed by atoms with Gasteiger partial charge in [0.25, 0.3) is 5.69 Å². The predicted molar refractivity (Wildman–Crippen MR) is 72.1 cm³/mol. The van der Waals surface area contributed by atoms with Crippen LogP contribution < -0.4 is 9.83 Å². The second kappa shape index (κ2) is 7.57. The van der Waals surface area contributed by atoms with Gasteiger partial charge >= 0.3 is 6.18 Å². The van der Waals surface area contributed by atoms with E-state index in [1.807, 2.05) is 0 Å². The Balaban J connectivity index is 2.84. The standard InChI is InChI=1S/C12H13F3N2O6S/c13-12(14,15)8(1-6-11(18)19)7-16-24(22,23)10-4-2-9(3-5-10)17(20)21/h2-5,8,16H,1,6-7H2,(H,18,19)/p-1/t8-/m1/s1. The van der Waals surface area contributed by atoms with Crippen LogP contribution in [-0.2, 0) is 14.8 Å². The SMILES string of the molecule is O=C([O-])CC[C@H](CNS(=O)(=O)c1ccc([N+](=O)[O-])cc1)C(F)(F)F. The second-order valence-electron chi connectivity index (χ2n) is 4.75. The summed E-state index contributed by atoms with van der Waals surface area (Å²) in [5.74, 6) is -3.88. The van der Waals surface area contributed by atoms with E-state index < -0.39 is 57.3 Å². The number of aliphatic carboxylic acids is 1. The number of non-ortho nitro benzene ring substituents is 1. The van der Waals surface area contributed by atoms with E-state index in [4.69, 9.17) is 0 Å².